The van der Waals surface area contributed by atoms with Gasteiger partial charge in [-0.05, 0) is 0 Å². The molecule has 9 nitrogen and oxygen atoms in total. The minimum atomic E-state index is -1.29. The van der Waals surface area contributed by atoms with Crippen LogP contribution < -0.4 is 5.32 Å². The van der Waals surface area contributed by atoms with Crippen molar-refractivity contribution >= 4 is 17.5 Å². The van der Waals surface area contributed by atoms with E-state index < -0.39 is 10.9 Å². The van der Waals surface area contributed by atoms with E-state index in [-0.39, 0.29) is 17.1 Å². The molecule has 0 aliphatic rings. The van der Waals surface area contributed by atoms with Crippen molar-refractivity contribution in [3.05, 3.63) is 27.9 Å². The minimum absolute atomic E-state index is 0.0680. The standard InChI is InChI=1S/C11H15N3O6/c1-19-4-5-20-3-2-12-10-9(11(15)16)6-8(7-13-10)14(17)18/h6-7H,2-5H2,1H3,(H,12,13)(H,15,16). The molecule has 1 heterocycles. The lowest BCUT2D eigenvalue weighted by Crippen LogP contribution is -2.15. The molecule has 20 heavy (non-hydrogen) atoms. The number of ether oxygens (including phenoxy) is 2. The number of hydrogen-bond donors (Lipinski definition) is 2. The van der Waals surface area contributed by atoms with Gasteiger partial charge in [-0.3, -0.25) is 10.1 Å². The highest BCUT2D eigenvalue weighted by Gasteiger charge is 2.17. The maximum absolute atomic E-state index is 11.0. The maximum Gasteiger partial charge on any atom is 0.339 e. The van der Waals surface area contributed by atoms with Gasteiger partial charge in [-0.2, -0.15) is 0 Å². The van der Waals surface area contributed by atoms with Crippen LogP contribution >= 0.6 is 0 Å². The molecule has 110 valence electrons. The molecule has 0 aliphatic carbocycles. The fourth-order valence-corrected chi connectivity index (χ4v) is 1.34. The van der Waals surface area contributed by atoms with Gasteiger partial charge in [0.2, 0.25) is 0 Å². The van der Waals surface area contributed by atoms with Crippen molar-refractivity contribution < 1.29 is 24.3 Å². The number of rotatable bonds is 9. The molecule has 1 aromatic heterocycles. The summed E-state index contributed by atoms with van der Waals surface area (Å²) in [6.07, 6.45) is 1.00. The van der Waals surface area contributed by atoms with E-state index in [1.165, 1.54) is 0 Å². The van der Waals surface area contributed by atoms with E-state index in [0.717, 1.165) is 12.3 Å². The van der Waals surface area contributed by atoms with Gasteiger partial charge in [0.1, 0.15) is 17.6 Å². The zero-order valence-corrected chi connectivity index (χ0v) is 10.9. The van der Waals surface area contributed by atoms with E-state index in [1.807, 2.05) is 0 Å². The SMILES string of the molecule is COCCOCCNc1ncc([N+](=O)[O-])cc1C(=O)O. The summed E-state index contributed by atoms with van der Waals surface area (Å²) in [7, 11) is 1.56. The molecular formula is C11H15N3O6. The average molecular weight is 285 g/mol. The number of nitrogens with one attached hydrogen (secondary N) is 1. The summed E-state index contributed by atoms with van der Waals surface area (Å²) in [6.45, 7) is 1.56. The van der Waals surface area contributed by atoms with Crippen molar-refractivity contribution in [1.29, 1.82) is 0 Å². The summed E-state index contributed by atoms with van der Waals surface area (Å²) in [4.78, 5) is 24.6. The van der Waals surface area contributed by atoms with E-state index in [2.05, 4.69) is 10.3 Å². The Labute approximate surface area is 114 Å². The van der Waals surface area contributed by atoms with Gasteiger partial charge in [-0.15, -0.1) is 0 Å². The third-order valence-electron chi connectivity index (χ3n) is 2.29. The molecular weight excluding hydrogens is 270 g/mol. The normalized spacial score (nSPS) is 10.2. The number of aromatic nitrogens is 1. The summed E-state index contributed by atoms with van der Waals surface area (Å²) in [5.74, 6) is -1.22. The zero-order chi connectivity index (χ0) is 15.0. The number of pyridine rings is 1. The molecule has 0 saturated heterocycles. The van der Waals surface area contributed by atoms with Crippen molar-refractivity contribution in [2.24, 2.45) is 0 Å². The Balaban J connectivity index is 2.60. The van der Waals surface area contributed by atoms with Gasteiger partial charge in [0.25, 0.3) is 5.69 Å². The van der Waals surface area contributed by atoms with Gasteiger partial charge in [0, 0.05) is 19.7 Å². The number of nitro groups is 1. The Morgan fingerprint density at radius 3 is 2.85 bits per heavy atom. The van der Waals surface area contributed by atoms with Crippen LogP contribution in [0.5, 0.6) is 0 Å². The van der Waals surface area contributed by atoms with Crippen molar-refractivity contribution in [3.8, 4) is 0 Å². The predicted octanol–water partition coefficient (Wildman–Crippen LogP) is 0.763. The highest BCUT2D eigenvalue weighted by Crippen LogP contribution is 2.18. The molecule has 0 spiro atoms. The second kappa shape index (κ2) is 8.02. The number of hydrogen-bond acceptors (Lipinski definition) is 7. The highest BCUT2D eigenvalue weighted by molar-refractivity contribution is 5.93. The number of anilines is 1. The smallest absolute Gasteiger partial charge is 0.339 e. The first kappa shape index (κ1) is 15.8. The lowest BCUT2D eigenvalue weighted by Gasteiger charge is -2.08. The van der Waals surface area contributed by atoms with Gasteiger partial charge in [-0.1, -0.05) is 0 Å². The molecule has 2 N–H and O–H groups in total. The molecule has 0 aromatic carbocycles. The molecule has 0 atom stereocenters. The molecule has 1 aromatic rings. The number of aromatic carboxylic acids is 1. The number of carboxylic acids is 1. The van der Waals surface area contributed by atoms with Crippen molar-refractivity contribution in [2.75, 3.05) is 38.8 Å². The van der Waals surface area contributed by atoms with Crippen LogP contribution in [0, 0.1) is 10.1 Å². The van der Waals surface area contributed by atoms with E-state index in [1.54, 1.807) is 7.11 Å². The molecule has 0 amide bonds. The Hall–Kier alpha value is -2.26. The van der Waals surface area contributed by atoms with E-state index in [4.69, 9.17) is 14.6 Å². The first-order chi connectivity index (χ1) is 9.56. The van der Waals surface area contributed by atoms with Crippen molar-refractivity contribution in [2.45, 2.75) is 0 Å². The lowest BCUT2D eigenvalue weighted by atomic mass is 10.2. The molecule has 0 unspecified atom stereocenters. The van der Waals surface area contributed by atoms with Crippen molar-refractivity contribution in [1.82, 2.24) is 4.98 Å². The number of carboxylic acid groups (broad SMARTS) is 1. The fourth-order valence-electron chi connectivity index (χ4n) is 1.34. The Morgan fingerprint density at radius 1 is 1.50 bits per heavy atom. The van der Waals surface area contributed by atoms with E-state index in [0.29, 0.717) is 26.4 Å². The molecule has 0 fully saturated rings. The van der Waals surface area contributed by atoms with Gasteiger partial charge < -0.3 is 19.9 Å². The third kappa shape index (κ3) is 4.78. The Morgan fingerprint density at radius 2 is 2.25 bits per heavy atom. The fraction of sp³-hybridized carbons (Fsp3) is 0.455. The summed E-state index contributed by atoms with van der Waals surface area (Å²) in [5.41, 5.74) is -0.625. The van der Waals surface area contributed by atoms with Gasteiger partial charge in [0.15, 0.2) is 0 Å². The second-order valence-electron chi connectivity index (χ2n) is 3.68. The molecule has 0 aliphatic heterocycles. The van der Waals surface area contributed by atoms with Gasteiger partial charge in [0.05, 0.1) is 24.7 Å². The maximum atomic E-state index is 11.0. The third-order valence-corrected chi connectivity index (χ3v) is 2.29. The minimum Gasteiger partial charge on any atom is -0.478 e. The number of nitrogens with zero attached hydrogens (tertiary/aromatic N) is 2. The molecule has 0 saturated carbocycles. The summed E-state index contributed by atoms with van der Waals surface area (Å²) in [5, 5.41) is 22.3. The first-order valence-corrected chi connectivity index (χ1v) is 5.74. The Kier molecular flexibility index (Phi) is 6.33. The van der Waals surface area contributed by atoms with Crippen molar-refractivity contribution in [3.63, 3.8) is 0 Å². The first-order valence-electron chi connectivity index (χ1n) is 5.74. The number of carbonyl (C=O) groups is 1. The number of methoxy groups -OCH3 is 1. The monoisotopic (exact) mass is 285 g/mol. The van der Waals surface area contributed by atoms with Crippen LogP contribution in [0.1, 0.15) is 10.4 Å². The summed E-state index contributed by atoms with van der Waals surface area (Å²) in [6, 6.07) is 0.962. The Bertz CT molecular complexity index is 479. The molecule has 0 bridgehead atoms. The van der Waals surface area contributed by atoms with Gasteiger partial charge >= 0.3 is 5.97 Å². The van der Waals surface area contributed by atoms with Crippen LogP contribution in [0.4, 0.5) is 11.5 Å². The molecule has 0 radical (unpaired) electrons. The van der Waals surface area contributed by atoms with Crippen LogP contribution in [0.25, 0.3) is 0 Å². The topological polar surface area (TPSA) is 124 Å². The molecule has 9 heteroatoms. The summed E-state index contributed by atoms with van der Waals surface area (Å²) < 4.78 is 9.98. The zero-order valence-electron chi connectivity index (χ0n) is 10.9. The van der Waals surface area contributed by atoms with Crippen LogP contribution in [0.2, 0.25) is 0 Å². The highest BCUT2D eigenvalue weighted by atomic mass is 16.6. The van der Waals surface area contributed by atoms with Crippen LogP contribution in [-0.4, -0.2) is 54.5 Å². The van der Waals surface area contributed by atoms with Crippen LogP contribution in [0.3, 0.4) is 0 Å². The van der Waals surface area contributed by atoms with Gasteiger partial charge in [-0.25, -0.2) is 9.78 Å². The lowest BCUT2D eigenvalue weighted by molar-refractivity contribution is -0.385. The summed E-state index contributed by atoms with van der Waals surface area (Å²) >= 11 is 0. The van der Waals surface area contributed by atoms with Crippen LogP contribution in [-0.2, 0) is 9.47 Å². The predicted molar refractivity (Wildman–Crippen MR) is 69.0 cm³/mol. The molecule has 1 rings (SSSR count). The van der Waals surface area contributed by atoms with E-state index >= 15 is 0 Å². The largest absolute Gasteiger partial charge is 0.478 e. The van der Waals surface area contributed by atoms with Crippen LogP contribution in [0.15, 0.2) is 12.3 Å². The quantitative estimate of drug-likeness (QED) is 0.387. The average Bonchev–Trinajstić information content (AvgIpc) is 2.42. The van der Waals surface area contributed by atoms with E-state index in [9.17, 15) is 14.9 Å². The second-order valence-corrected chi connectivity index (χ2v) is 3.68.